The minimum atomic E-state index is 0.0754. The zero-order chi connectivity index (χ0) is 13.0. The molecule has 1 fully saturated rings. The Morgan fingerprint density at radius 2 is 2.17 bits per heavy atom. The van der Waals surface area contributed by atoms with Crippen molar-refractivity contribution in [2.45, 2.75) is 31.7 Å². The fourth-order valence-corrected chi connectivity index (χ4v) is 2.57. The molecule has 18 heavy (non-hydrogen) atoms. The first-order chi connectivity index (χ1) is 8.70. The van der Waals surface area contributed by atoms with Crippen LogP contribution in [0.2, 0.25) is 5.02 Å². The average molecular weight is 268 g/mol. The molecule has 0 saturated heterocycles. The fraction of sp³-hybridized carbons (Fsp3) is 0.500. The SMILES string of the molecule is COc1ccc(C(=O)CNC2CCCC2)cc1Cl. The van der Waals surface area contributed by atoms with Crippen LogP contribution in [0.4, 0.5) is 0 Å². The van der Waals surface area contributed by atoms with E-state index in [0.717, 1.165) is 0 Å². The first-order valence-corrected chi connectivity index (χ1v) is 6.68. The van der Waals surface area contributed by atoms with E-state index in [1.807, 2.05) is 0 Å². The number of nitrogens with one attached hydrogen (secondary N) is 1. The van der Waals surface area contributed by atoms with E-state index in [-0.39, 0.29) is 5.78 Å². The summed E-state index contributed by atoms with van der Waals surface area (Å²) in [6.45, 7) is 0.382. The van der Waals surface area contributed by atoms with Crippen LogP contribution in [0.25, 0.3) is 0 Å². The van der Waals surface area contributed by atoms with E-state index in [1.165, 1.54) is 25.7 Å². The van der Waals surface area contributed by atoms with Crippen LogP contribution < -0.4 is 10.1 Å². The Morgan fingerprint density at radius 3 is 2.78 bits per heavy atom. The van der Waals surface area contributed by atoms with Crippen molar-refractivity contribution in [2.75, 3.05) is 13.7 Å². The van der Waals surface area contributed by atoms with E-state index in [1.54, 1.807) is 25.3 Å². The molecule has 0 bridgehead atoms. The molecule has 0 amide bonds. The highest BCUT2D eigenvalue weighted by Crippen LogP contribution is 2.25. The van der Waals surface area contributed by atoms with Gasteiger partial charge >= 0.3 is 0 Å². The van der Waals surface area contributed by atoms with Gasteiger partial charge in [-0.05, 0) is 31.0 Å². The molecular formula is C14H18ClNO2. The van der Waals surface area contributed by atoms with Crippen LogP contribution in [0.3, 0.4) is 0 Å². The molecule has 0 aromatic heterocycles. The lowest BCUT2D eigenvalue weighted by atomic mass is 10.1. The van der Waals surface area contributed by atoms with Gasteiger partial charge in [-0.25, -0.2) is 0 Å². The molecule has 98 valence electrons. The predicted molar refractivity (Wildman–Crippen MR) is 72.6 cm³/mol. The summed E-state index contributed by atoms with van der Waals surface area (Å²) in [7, 11) is 1.56. The number of Topliss-reactive ketones (excluding diaryl/α,β-unsaturated/α-hetero) is 1. The van der Waals surface area contributed by atoms with Crippen molar-refractivity contribution in [3.8, 4) is 5.75 Å². The monoisotopic (exact) mass is 267 g/mol. The Morgan fingerprint density at radius 1 is 1.44 bits per heavy atom. The normalized spacial score (nSPS) is 15.9. The molecule has 1 N–H and O–H groups in total. The second-order valence-electron chi connectivity index (χ2n) is 4.63. The minimum Gasteiger partial charge on any atom is -0.495 e. The maximum Gasteiger partial charge on any atom is 0.176 e. The van der Waals surface area contributed by atoms with Gasteiger partial charge < -0.3 is 10.1 Å². The van der Waals surface area contributed by atoms with Crippen molar-refractivity contribution in [1.29, 1.82) is 0 Å². The average Bonchev–Trinajstić information content (AvgIpc) is 2.89. The molecule has 3 nitrogen and oxygen atoms in total. The van der Waals surface area contributed by atoms with E-state index in [4.69, 9.17) is 16.3 Å². The highest BCUT2D eigenvalue weighted by Gasteiger charge is 2.16. The van der Waals surface area contributed by atoms with Crippen LogP contribution in [0.1, 0.15) is 36.0 Å². The van der Waals surface area contributed by atoms with Crippen LogP contribution in [-0.4, -0.2) is 25.5 Å². The quantitative estimate of drug-likeness (QED) is 0.834. The van der Waals surface area contributed by atoms with Crippen molar-refractivity contribution in [3.05, 3.63) is 28.8 Å². The second-order valence-corrected chi connectivity index (χ2v) is 5.04. The molecule has 1 saturated carbocycles. The fourth-order valence-electron chi connectivity index (χ4n) is 2.31. The first-order valence-electron chi connectivity index (χ1n) is 6.31. The number of ether oxygens (including phenoxy) is 1. The molecule has 1 aliphatic rings. The Labute approximate surface area is 112 Å². The number of rotatable bonds is 5. The third kappa shape index (κ3) is 3.24. The Kier molecular flexibility index (Phi) is 4.61. The summed E-state index contributed by atoms with van der Waals surface area (Å²) in [5.41, 5.74) is 0.631. The highest BCUT2D eigenvalue weighted by molar-refractivity contribution is 6.32. The molecule has 0 unspecified atom stereocenters. The Balaban J connectivity index is 1.93. The maximum atomic E-state index is 12.0. The van der Waals surface area contributed by atoms with E-state index < -0.39 is 0 Å². The minimum absolute atomic E-state index is 0.0754. The van der Waals surface area contributed by atoms with Gasteiger partial charge in [0.1, 0.15) is 5.75 Å². The summed E-state index contributed by atoms with van der Waals surface area (Å²) in [6, 6.07) is 5.65. The van der Waals surface area contributed by atoms with Crippen LogP contribution >= 0.6 is 11.6 Å². The van der Waals surface area contributed by atoms with Gasteiger partial charge in [0.15, 0.2) is 5.78 Å². The molecule has 0 heterocycles. The van der Waals surface area contributed by atoms with Gasteiger partial charge in [-0.15, -0.1) is 0 Å². The highest BCUT2D eigenvalue weighted by atomic mass is 35.5. The molecule has 0 atom stereocenters. The molecule has 0 aliphatic heterocycles. The molecule has 1 aromatic carbocycles. The van der Waals surface area contributed by atoms with Gasteiger partial charge in [0.05, 0.1) is 18.7 Å². The summed E-state index contributed by atoms with van der Waals surface area (Å²) >= 11 is 6.00. The zero-order valence-electron chi connectivity index (χ0n) is 10.5. The van der Waals surface area contributed by atoms with E-state index in [0.29, 0.717) is 28.9 Å². The van der Waals surface area contributed by atoms with Gasteiger partial charge in [-0.1, -0.05) is 24.4 Å². The van der Waals surface area contributed by atoms with Gasteiger partial charge in [0, 0.05) is 11.6 Å². The van der Waals surface area contributed by atoms with E-state index in [9.17, 15) is 4.79 Å². The molecule has 2 rings (SSSR count). The molecule has 1 aromatic rings. The second kappa shape index (κ2) is 6.21. The zero-order valence-corrected chi connectivity index (χ0v) is 11.3. The van der Waals surface area contributed by atoms with Crippen LogP contribution in [0.5, 0.6) is 5.75 Å². The van der Waals surface area contributed by atoms with Gasteiger partial charge in [0.25, 0.3) is 0 Å². The van der Waals surface area contributed by atoms with Crippen molar-refractivity contribution in [2.24, 2.45) is 0 Å². The van der Waals surface area contributed by atoms with Crippen LogP contribution in [-0.2, 0) is 0 Å². The van der Waals surface area contributed by atoms with E-state index in [2.05, 4.69) is 5.32 Å². The number of benzene rings is 1. The summed E-state index contributed by atoms with van der Waals surface area (Å²) < 4.78 is 5.06. The maximum absolute atomic E-state index is 12.0. The summed E-state index contributed by atoms with van der Waals surface area (Å²) in [5, 5.41) is 3.78. The molecule has 1 aliphatic carbocycles. The van der Waals surface area contributed by atoms with Crippen LogP contribution in [0, 0.1) is 0 Å². The van der Waals surface area contributed by atoms with Crippen molar-refractivity contribution in [3.63, 3.8) is 0 Å². The van der Waals surface area contributed by atoms with Crippen molar-refractivity contribution in [1.82, 2.24) is 5.32 Å². The number of hydrogen-bond donors (Lipinski definition) is 1. The molecule has 0 radical (unpaired) electrons. The lowest BCUT2D eigenvalue weighted by molar-refractivity contribution is 0.0987. The van der Waals surface area contributed by atoms with Gasteiger partial charge in [-0.2, -0.15) is 0 Å². The standard InChI is InChI=1S/C14H18ClNO2/c1-18-14-7-6-10(8-12(14)15)13(17)9-16-11-4-2-3-5-11/h6-8,11,16H,2-5,9H2,1H3. The summed E-state index contributed by atoms with van der Waals surface area (Å²) in [4.78, 5) is 12.0. The number of halogens is 1. The Bertz CT molecular complexity index is 428. The van der Waals surface area contributed by atoms with Crippen molar-refractivity contribution >= 4 is 17.4 Å². The summed E-state index contributed by atoms with van der Waals surface area (Å²) in [5.74, 6) is 0.670. The first kappa shape index (κ1) is 13.4. The van der Waals surface area contributed by atoms with Gasteiger partial charge in [-0.3, -0.25) is 4.79 Å². The number of carbonyl (C=O) groups excluding carboxylic acids is 1. The largest absolute Gasteiger partial charge is 0.495 e. The Hall–Kier alpha value is -1.06. The molecule has 0 spiro atoms. The lowest BCUT2D eigenvalue weighted by Gasteiger charge is -2.11. The number of carbonyl (C=O) groups is 1. The smallest absolute Gasteiger partial charge is 0.176 e. The van der Waals surface area contributed by atoms with Crippen LogP contribution in [0.15, 0.2) is 18.2 Å². The third-order valence-electron chi connectivity index (χ3n) is 3.38. The van der Waals surface area contributed by atoms with Gasteiger partial charge in [0.2, 0.25) is 0 Å². The predicted octanol–water partition coefficient (Wildman–Crippen LogP) is 3.06. The number of hydrogen-bond acceptors (Lipinski definition) is 3. The molecular weight excluding hydrogens is 250 g/mol. The topological polar surface area (TPSA) is 38.3 Å². The van der Waals surface area contributed by atoms with E-state index >= 15 is 0 Å². The molecule has 4 heteroatoms. The summed E-state index contributed by atoms with van der Waals surface area (Å²) in [6.07, 6.45) is 4.88. The third-order valence-corrected chi connectivity index (χ3v) is 3.68. The number of ketones is 1. The van der Waals surface area contributed by atoms with Crippen molar-refractivity contribution < 1.29 is 9.53 Å². The number of methoxy groups -OCH3 is 1. The lowest BCUT2D eigenvalue weighted by Crippen LogP contribution is -2.31.